The topological polar surface area (TPSA) is 47.6 Å². The molecule has 8 heteroatoms. The predicted octanol–water partition coefficient (Wildman–Crippen LogP) is 3.26. The maximum Gasteiger partial charge on any atom is 0.586 e. The van der Waals surface area contributed by atoms with Gasteiger partial charge in [0.05, 0.1) is 15.7 Å². The molecule has 1 aromatic rings. The van der Waals surface area contributed by atoms with Crippen molar-refractivity contribution in [3.05, 3.63) is 23.5 Å². The van der Waals surface area contributed by atoms with Crippen molar-refractivity contribution in [2.75, 3.05) is 0 Å². The Hall–Kier alpha value is -1.28. The van der Waals surface area contributed by atoms with Crippen LogP contribution in [-0.2, 0) is 11.0 Å². The Morgan fingerprint density at radius 2 is 1.76 bits per heavy atom. The summed E-state index contributed by atoms with van der Waals surface area (Å²) in [6.45, 7) is 6.88. The first kappa shape index (κ1) is 16.1. The van der Waals surface area contributed by atoms with Crippen LogP contribution in [0.2, 0.25) is 0 Å². The summed E-state index contributed by atoms with van der Waals surface area (Å²) in [7, 11) is -1.43. The van der Waals surface area contributed by atoms with Crippen molar-refractivity contribution in [1.82, 2.24) is 4.72 Å². The van der Waals surface area contributed by atoms with Crippen LogP contribution in [0.25, 0.3) is 0 Å². The van der Waals surface area contributed by atoms with Crippen molar-refractivity contribution in [2.24, 2.45) is 0 Å². The third kappa shape index (κ3) is 3.49. The molecule has 0 bridgehead atoms. The molecule has 0 aromatic heterocycles. The summed E-state index contributed by atoms with van der Waals surface area (Å²) in [6.07, 6.45) is -3.79. The smallest absolute Gasteiger partial charge is 0.395 e. The first-order valence-electron chi connectivity index (χ1n) is 6.27. The molecule has 1 aromatic carbocycles. The van der Waals surface area contributed by atoms with E-state index in [1.54, 1.807) is 27.7 Å². The quantitative estimate of drug-likeness (QED) is 0.929. The van der Waals surface area contributed by atoms with Crippen LogP contribution < -0.4 is 14.2 Å². The number of benzene rings is 1. The minimum atomic E-state index is -3.79. The van der Waals surface area contributed by atoms with Gasteiger partial charge in [-0.05, 0) is 33.8 Å². The SMILES string of the molecule is C[C@H](NS(=O)C(C)(C)C)c1cc2c(cc1F)OC(F)(F)O2. The summed E-state index contributed by atoms with van der Waals surface area (Å²) in [5.74, 6) is -1.34. The summed E-state index contributed by atoms with van der Waals surface area (Å²) in [5.41, 5.74) is 0.0765. The van der Waals surface area contributed by atoms with Gasteiger partial charge in [0.15, 0.2) is 11.5 Å². The average molecular weight is 323 g/mol. The molecule has 2 rings (SSSR count). The molecule has 2 atom stereocenters. The molecule has 0 fully saturated rings. The Morgan fingerprint density at radius 3 is 2.29 bits per heavy atom. The number of fused-ring (bicyclic) bond motifs is 1. The fourth-order valence-electron chi connectivity index (χ4n) is 1.72. The summed E-state index contributed by atoms with van der Waals surface area (Å²) >= 11 is 0. The van der Waals surface area contributed by atoms with Crippen molar-refractivity contribution >= 4 is 11.0 Å². The summed E-state index contributed by atoms with van der Waals surface area (Å²) in [6, 6.07) is 1.32. The fourth-order valence-corrected chi connectivity index (χ4v) is 2.52. The molecule has 21 heavy (non-hydrogen) atoms. The van der Waals surface area contributed by atoms with Gasteiger partial charge in [-0.3, -0.25) is 0 Å². The highest BCUT2D eigenvalue weighted by atomic mass is 32.2. The van der Waals surface area contributed by atoms with Crippen LogP contribution in [0.4, 0.5) is 13.2 Å². The van der Waals surface area contributed by atoms with E-state index >= 15 is 0 Å². The highest BCUT2D eigenvalue weighted by molar-refractivity contribution is 7.84. The molecule has 4 nitrogen and oxygen atoms in total. The maximum atomic E-state index is 14.0. The van der Waals surface area contributed by atoms with Gasteiger partial charge in [0.25, 0.3) is 0 Å². The standard InChI is InChI=1S/C13H16F3NO3S/c1-7(17-21(18)12(2,3)4)8-5-10-11(6-9(8)14)20-13(15,16)19-10/h5-7,17H,1-4H3/t7-,21?/m0/s1. The molecule has 0 amide bonds. The minimum absolute atomic E-state index is 0.0765. The van der Waals surface area contributed by atoms with Gasteiger partial charge in [-0.15, -0.1) is 8.78 Å². The number of ether oxygens (including phenoxy) is 2. The second-order valence-corrected chi connectivity index (χ2v) is 7.71. The molecule has 118 valence electrons. The number of halogens is 3. The number of rotatable bonds is 3. The van der Waals surface area contributed by atoms with Crippen LogP contribution in [0.3, 0.4) is 0 Å². The van der Waals surface area contributed by atoms with E-state index in [9.17, 15) is 17.4 Å². The lowest BCUT2D eigenvalue weighted by atomic mass is 10.1. The second-order valence-electron chi connectivity index (χ2n) is 5.71. The number of alkyl halides is 2. The zero-order chi connectivity index (χ0) is 16.0. The van der Waals surface area contributed by atoms with Gasteiger partial charge in [-0.2, -0.15) is 0 Å². The molecule has 0 spiro atoms. The molecule has 1 heterocycles. The average Bonchev–Trinajstić information content (AvgIpc) is 2.59. The van der Waals surface area contributed by atoms with Crippen molar-refractivity contribution in [3.63, 3.8) is 0 Å². The van der Waals surface area contributed by atoms with Gasteiger partial charge in [0.1, 0.15) is 5.82 Å². The van der Waals surface area contributed by atoms with Crippen LogP contribution in [0.15, 0.2) is 12.1 Å². The Balaban J connectivity index is 2.24. The molecule has 1 unspecified atom stereocenters. The van der Waals surface area contributed by atoms with E-state index in [2.05, 4.69) is 14.2 Å². The Labute approximate surface area is 123 Å². The van der Waals surface area contributed by atoms with Gasteiger partial charge in [-0.1, -0.05) is 0 Å². The molecule has 0 aliphatic carbocycles. The van der Waals surface area contributed by atoms with E-state index in [0.29, 0.717) is 0 Å². The lowest BCUT2D eigenvalue weighted by Crippen LogP contribution is -2.35. The summed E-state index contributed by atoms with van der Waals surface area (Å²) in [5, 5.41) is 0. The van der Waals surface area contributed by atoms with E-state index in [1.165, 1.54) is 0 Å². The monoisotopic (exact) mass is 323 g/mol. The lowest BCUT2D eigenvalue weighted by Gasteiger charge is -2.22. The molecule has 0 radical (unpaired) electrons. The van der Waals surface area contributed by atoms with E-state index < -0.39 is 33.9 Å². The highest BCUT2D eigenvalue weighted by Crippen LogP contribution is 2.43. The van der Waals surface area contributed by atoms with E-state index in [4.69, 9.17) is 0 Å². The van der Waals surface area contributed by atoms with E-state index in [0.717, 1.165) is 12.1 Å². The Bertz CT molecular complexity index is 587. The lowest BCUT2D eigenvalue weighted by molar-refractivity contribution is -0.286. The molecule has 0 saturated carbocycles. The number of hydrogen-bond donors (Lipinski definition) is 1. The minimum Gasteiger partial charge on any atom is -0.395 e. The van der Waals surface area contributed by atoms with Gasteiger partial charge in [-0.25, -0.2) is 13.3 Å². The van der Waals surface area contributed by atoms with Crippen LogP contribution in [0, 0.1) is 5.82 Å². The number of nitrogens with one attached hydrogen (secondary N) is 1. The molecule has 1 aliphatic rings. The van der Waals surface area contributed by atoms with Gasteiger partial charge in [0.2, 0.25) is 0 Å². The maximum absolute atomic E-state index is 14.0. The summed E-state index contributed by atoms with van der Waals surface area (Å²) in [4.78, 5) is 0. The zero-order valence-electron chi connectivity index (χ0n) is 12.0. The van der Waals surface area contributed by atoms with Crippen LogP contribution in [0.1, 0.15) is 39.3 Å². The van der Waals surface area contributed by atoms with Crippen molar-refractivity contribution in [3.8, 4) is 11.5 Å². The van der Waals surface area contributed by atoms with Crippen LogP contribution in [-0.4, -0.2) is 15.3 Å². The largest absolute Gasteiger partial charge is 0.586 e. The summed E-state index contributed by atoms with van der Waals surface area (Å²) < 4.78 is 62.5. The van der Waals surface area contributed by atoms with Crippen LogP contribution in [0.5, 0.6) is 11.5 Å². The number of hydrogen-bond acceptors (Lipinski definition) is 3. The van der Waals surface area contributed by atoms with Gasteiger partial charge >= 0.3 is 6.29 Å². The van der Waals surface area contributed by atoms with Gasteiger partial charge in [0, 0.05) is 17.7 Å². The zero-order valence-corrected chi connectivity index (χ0v) is 12.8. The molecule has 0 saturated heterocycles. The third-order valence-electron chi connectivity index (χ3n) is 2.83. The van der Waals surface area contributed by atoms with Crippen molar-refractivity contribution in [2.45, 2.75) is 44.8 Å². The Morgan fingerprint density at radius 1 is 1.24 bits per heavy atom. The van der Waals surface area contributed by atoms with Crippen LogP contribution >= 0.6 is 0 Å². The third-order valence-corrected chi connectivity index (χ3v) is 4.51. The second kappa shape index (κ2) is 5.17. The van der Waals surface area contributed by atoms with E-state index in [-0.39, 0.29) is 17.1 Å². The Kier molecular flexibility index (Phi) is 3.96. The molecular formula is C13H16F3NO3S. The molecular weight excluding hydrogens is 307 g/mol. The molecule has 1 N–H and O–H groups in total. The first-order chi connectivity index (χ1) is 9.49. The molecule has 1 aliphatic heterocycles. The fraction of sp³-hybridized carbons (Fsp3) is 0.538. The highest BCUT2D eigenvalue weighted by Gasteiger charge is 2.44. The normalized spacial score (nSPS) is 19.4. The van der Waals surface area contributed by atoms with Crippen molar-refractivity contribution in [1.29, 1.82) is 0 Å². The van der Waals surface area contributed by atoms with E-state index in [1.807, 2.05) is 0 Å². The van der Waals surface area contributed by atoms with Crippen molar-refractivity contribution < 1.29 is 26.9 Å². The first-order valence-corrected chi connectivity index (χ1v) is 7.42. The predicted molar refractivity (Wildman–Crippen MR) is 72.0 cm³/mol. The van der Waals surface area contributed by atoms with Gasteiger partial charge < -0.3 is 9.47 Å².